The number of nitrogens with zero attached hydrogens (tertiary/aromatic N) is 4. The Balaban J connectivity index is 1.10. The molecule has 5 atom stereocenters. The number of aliphatic hydroxyl groups is 2. The first-order valence-electron chi connectivity index (χ1n) is 15.3. The third-order valence-corrected chi connectivity index (χ3v) is 8.89. The molecule has 48 heavy (non-hydrogen) atoms. The number of phosphoric acid groups is 1. The van der Waals surface area contributed by atoms with Crippen molar-refractivity contribution in [2.45, 2.75) is 62.9 Å². The van der Waals surface area contributed by atoms with Gasteiger partial charge < -0.3 is 49.8 Å². The number of fused-ring (bicyclic) bond motifs is 1. The zero-order chi connectivity index (χ0) is 34.2. The Morgan fingerprint density at radius 1 is 1.08 bits per heavy atom. The number of nitrogens with two attached hydrogens (primary N) is 1. The number of phosphoric ester groups is 1. The van der Waals surface area contributed by atoms with Crippen LogP contribution in [0.2, 0.25) is 0 Å². The fourth-order valence-corrected chi connectivity index (χ4v) is 5.96. The maximum atomic E-state index is 12.9. The van der Waals surface area contributed by atoms with E-state index >= 15 is 0 Å². The number of aliphatic hydroxyl groups excluding tert-OH is 2. The van der Waals surface area contributed by atoms with Crippen molar-refractivity contribution in [2.75, 3.05) is 32.2 Å². The lowest BCUT2D eigenvalue weighted by molar-refractivity contribution is -0.739. The van der Waals surface area contributed by atoms with Crippen LogP contribution in [0, 0.1) is 0 Å². The SMILES string of the molecule is CC(C)(c1ccc(OCC(O)Cn2c[n+]([C@H]3C[C@H](O)[C@@H](COP(=O)(O)O)O3)c3nc(N)nc([O-])c32)cc1)c1ccc(OCC2CO2)cc1. The summed E-state index contributed by atoms with van der Waals surface area (Å²) in [5.41, 5.74) is 7.77. The van der Waals surface area contributed by atoms with E-state index in [1.165, 1.54) is 15.5 Å². The van der Waals surface area contributed by atoms with Gasteiger partial charge >= 0.3 is 13.5 Å². The fraction of sp³-hybridized carbons (Fsp3) is 0.452. The van der Waals surface area contributed by atoms with E-state index in [0.29, 0.717) is 12.4 Å². The van der Waals surface area contributed by atoms with Crippen LogP contribution in [0.15, 0.2) is 54.9 Å². The summed E-state index contributed by atoms with van der Waals surface area (Å²) in [5.74, 6) is 0.380. The number of hydrogen-bond donors (Lipinski definition) is 5. The molecule has 258 valence electrons. The van der Waals surface area contributed by atoms with Gasteiger partial charge in [0.1, 0.15) is 43.0 Å². The highest BCUT2D eigenvalue weighted by Crippen LogP contribution is 2.38. The zero-order valence-electron chi connectivity index (χ0n) is 26.3. The largest absolute Gasteiger partial charge is 0.856 e. The first kappa shape index (κ1) is 34.0. The number of hydrogen-bond acceptors (Lipinski definition) is 12. The molecule has 2 aromatic carbocycles. The lowest BCUT2D eigenvalue weighted by Crippen LogP contribution is -2.39. The number of rotatable bonds is 14. The number of nitrogen functional groups attached to an aromatic ring is 1. The summed E-state index contributed by atoms with van der Waals surface area (Å²) in [5, 5.41) is 34.2. The summed E-state index contributed by atoms with van der Waals surface area (Å²) < 4.78 is 41.1. The minimum Gasteiger partial charge on any atom is -0.856 e. The number of ether oxygens (including phenoxy) is 4. The van der Waals surface area contributed by atoms with Gasteiger partial charge in [0.05, 0.1) is 25.9 Å². The molecule has 0 aliphatic carbocycles. The van der Waals surface area contributed by atoms with Crippen LogP contribution in [0.5, 0.6) is 17.4 Å². The van der Waals surface area contributed by atoms with Crippen LogP contribution in [-0.4, -0.2) is 85.4 Å². The number of anilines is 1. The monoisotopic (exact) mass is 687 g/mol. The molecule has 2 fully saturated rings. The second kappa shape index (κ2) is 13.6. The molecule has 2 unspecified atom stereocenters. The number of benzene rings is 2. The minimum absolute atomic E-state index is 0.00543. The van der Waals surface area contributed by atoms with E-state index < -0.39 is 44.8 Å². The van der Waals surface area contributed by atoms with Crippen LogP contribution < -0.4 is 24.9 Å². The van der Waals surface area contributed by atoms with Gasteiger partial charge in [0.15, 0.2) is 18.1 Å². The molecule has 2 saturated heterocycles. The van der Waals surface area contributed by atoms with Crippen LogP contribution in [0.25, 0.3) is 11.2 Å². The number of epoxide rings is 1. The second-order valence-electron chi connectivity index (χ2n) is 12.4. The second-order valence-corrected chi connectivity index (χ2v) is 13.6. The highest BCUT2D eigenvalue weighted by molar-refractivity contribution is 7.46. The molecule has 0 spiro atoms. The summed E-state index contributed by atoms with van der Waals surface area (Å²) >= 11 is 0. The van der Waals surface area contributed by atoms with Crippen LogP contribution >= 0.6 is 7.82 Å². The van der Waals surface area contributed by atoms with Gasteiger partial charge in [-0.05, 0) is 35.4 Å². The van der Waals surface area contributed by atoms with Crippen molar-refractivity contribution < 1.29 is 57.7 Å². The normalized spacial score (nSPS) is 21.8. The standard InChI is InChI=1S/C31H38N5O11P/c1-31(2,19-5-9-22(10-6-19)44-14-23-15-45-23)18-3-7-21(8-4-18)43-13-20(37)12-35-17-36(28-27(35)29(39)34-30(32)33-28)26-11-24(38)25(47-26)16-46-48(40,41)42/h3-10,17,20,23-26,37-38H,11-16H2,1-2H3,(H4-,32,33,34,39,40,41,42)/t20?,23?,24-,25+,26+/m0/s1. The molecule has 0 bridgehead atoms. The molecule has 0 saturated carbocycles. The molecule has 4 heterocycles. The Morgan fingerprint density at radius 2 is 1.71 bits per heavy atom. The van der Waals surface area contributed by atoms with E-state index in [4.69, 9.17) is 34.5 Å². The van der Waals surface area contributed by atoms with Crippen molar-refractivity contribution in [1.29, 1.82) is 0 Å². The Hall–Kier alpha value is -3.86. The van der Waals surface area contributed by atoms with Gasteiger partial charge in [0.25, 0.3) is 5.95 Å². The van der Waals surface area contributed by atoms with Crippen LogP contribution in [-0.2, 0) is 30.5 Å². The van der Waals surface area contributed by atoms with Gasteiger partial charge in [-0.15, -0.1) is 0 Å². The molecular formula is C31H38N5O11P. The summed E-state index contributed by atoms with van der Waals surface area (Å²) in [6.07, 6.45) is -2.44. The average molecular weight is 688 g/mol. The average Bonchev–Trinajstić information content (AvgIpc) is 3.70. The predicted octanol–water partition coefficient (Wildman–Crippen LogP) is 0.676. The molecule has 4 aromatic rings. The molecule has 0 radical (unpaired) electrons. The third kappa shape index (κ3) is 7.88. The Bertz CT molecular complexity index is 1780. The Labute approximate surface area is 275 Å². The maximum absolute atomic E-state index is 12.9. The Morgan fingerprint density at radius 3 is 2.31 bits per heavy atom. The third-order valence-electron chi connectivity index (χ3n) is 8.41. The van der Waals surface area contributed by atoms with E-state index in [2.05, 4.69) is 28.3 Å². The summed E-state index contributed by atoms with van der Waals surface area (Å²) in [4.78, 5) is 25.9. The topological polar surface area (TPSA) is 231 Å². The predicted molar refractivity (Wildman–Crippen MR) is 166 cm³/mol. The van der Waals surface area contributed by atoms with Gasteiger partial charge in [-0.1, -0.05) is 43.1 Å². The van der Waals surface area contributed by atoms with E-state index in [0.717, 1.165) is 23.5 Å². The molecule has 6 rings (SSSR count). The molecule has 2 aliphatic rings. The summed E-state index contributed by atoms with van der Waals surface area (Å²) in [6, 6.07) is 15.6. The highest BCUT2D eigenvalue weighted by Gasteiger charge is 2.40. The maximum Gasteiger partial charge on any atom is 0.469 e. The zero-order valence-corrected chi connectivity index (χ0v) is 27.2. The molecular weight excluding hydrogens is 649 g/mol. The van der Waals surface area contributed by atoms with E-state index in [1.807, 2.05) is 48.5 Å². The summed E-state index contributed by atoms with van der Waals surface area (Å²) in [7, 11) is -4.78. The fourth-order valence-electron chi connectivity index (χ4n) is 5.62. The molecule has 6 N–H and O–H groups in total. The van der Waals surface area contributed by atoms with Crippen molar-refractivity contribution in [3.05, 3.63) is 66.0 Å². The van der Waals surface area contributed by atoms with Gasteiger partial charge in [0.2, 0.25) is 0 Å². The van der Waals surface area contributed by atoms with Gasteiger partial charge in [0, 0.05) is 17.7 Å². The van der Waals surface area contributed by atoms with Gasteiger partial charge in [-0.25, -0.2) is 14.1 Å². The van der Waals surface area contributed by atoms with E-state index in [-0.39, 0.29) is 48.2 Å². The number of imidazole rings is 1. The molecule has 0 amide bonds. The minimum atomic E-state index is -4.78. The van der Waals surface area contributed by atoms with E-state index in [1.54, 1.807) is 0 Å². The molecule has 2 aliphatic heterocycles. The number of aromatic nitrogens is 4. The molecule has 16 nitrogen and oxygen atoms in total. The Kier molecular flexibility index (Phi) is 9.62. The van der Waals surface area contributed by atoms with Crippen LogP contribution in [0.3, 0.4) is 0 Å². The smallest absolute Gasteiger partial charge is 0.469 e. The van der Waals surface area contributed by atoms with Crippen molar-refractivity contribution in [3.63, 3.8) is 0 Å². The van der Waals surface area contributed by atoms with Crippen LogP contribution in [0.1, 0.15) is 37.6 Å². The van der Waals surface area contributed by atoms with E-state index in [9.17, 15) is 19.9 Å². The lowest BCUT2D eigenvalue weighted by atomic mass is 9.78. The quantitative estimate of drug-likeness (QED) is 0.0697. The van der Waals surface area contributed by atoms with Crippen molar-refractivity contribution in [3.8, 4) is 17.4 Å². The first-order chi connectivity index (χ1) is 22.8. The van der Waals surface area contributed by atoms with Gasteiger partial charge in [-0.3, -0.25) is 9.09 Å². The van der Waals surface area contributed by atoms with Crippen molar-refractivity contribution >= 4 is 24.9 Å². The highest BCUT2D eigenvalue weighted by atomic mass is 31.2. The summed E-state index contributed by atoms with van der Waals surface area (Å²) in [6.45, 7) is 4.82. The lowest BCUT2D eigenvalue weighted by Gasteiger charge is -2.26. The van der Waals surface area contributed by atoms with Crippen molar-refractivity contribution in [1.82, 2.24) is 14.5 Å². The van der Waals surface area contributed by atoms with Gasteiger partial charge in [-0.2, -0.15) is 0 Å². The first-order valence-corrected chi connectivity index (χ1v) is 16.8. The van der Waals surface area contributed by atoms with Crippen LogP contribution in [0.4, 0.5) is 5.95 Å². The molecule has 2 aromatic heterocycles. The van der Waals surface area contributed by atoms with Crippen molar-refractivity contribution in [2.24, 2.45) is 0 Å². The molecule has 17 heteroatoms.